The molecule has 2 aromatic heterocycles. The number of piperidine rings is 1. The zero-order valence-corrected chi connectivity index (χ0v) is 21.2. The molecule has 3 aliphatic rings. The summed E-state index contributed by atoms with van der Waals surface area (Å²) in [6.07, 6.45) is 4.55. The molecule has 4 N–H and O–H groups in total. The lowest BCUT2D eigenvalue weighted by molar-refractivity contribution is -0.125. The highest BCUT2D eigenvalue weighted by Crippen LogP contribution is 2.42. The molecule has 3 aromatic rings. The number of anilines is 1. The van der Waals surface area contributed by atoms with Gasteiger partial charge in [0.05, 0.1) is 17.2 Å². The number of hydrogen-bond donors (Lipinski definition) is 4. The monoisotopic (exact) mass is 520 g/mol. The quantitative estimate of drug-likeness (QED) is 0.352. The first kappa shape index (κ1) is 23.7. The molecule has 192 valence electrons. The number of thiophene rings is 1. The lowest BCUT2D eigenvalue weighted by Crippen LogP contribution is -2.57. The van der Waals surface area contributed by atoms with Gasteiger partial charge >= 0.3 is 6.03 Å². The van der Waals surface area contributed by atoms with E-state index < -0.39 is 11.5 Å². The third-order valence-electron chi connectivity index (χ3n) is 7.18. The number of amides is 3. The molecule has 4 heterocycles. The van der Waals surface area contributed by atoms with E-state index in [0.29, 0.717) is 48.4 Å². The number of urea groups is 1. The Morgan fingerprint density at radius 1 is 1.27 bits per heavy atom. The average molecular weight is 521 g/mol. The molecule has 1 spiro atoms. The first-order chi connectivity index (χ1) is 18.0. The van der Waals surface area contributed by atoms with E-state index >= 15 is 0 Å². The number of nitrogens with zero attached hydrogens (tertiary/aromatic N) is 4. The van der Waals surface area contributed by atoms with Crippen LogP contribution in [-0.4, -0.2) is 63.7 Å². The Morgan fingerprint density at radius 2 is 2.11 bits per heavy atom. The summed E-state index contributed by atoms with van der Waals surface area (Å²) in [5, 5.41) is 21.4. The maximum atomic E-state index is 14.2. The van der Waals surface area contributed by atoms with Gasteiger partial charge in [0, 0.05) is 35.3 Å². The summed E-state index contributed by atoms with van der Waals surface area (Å²) in [6, 6.07) is 7.17. The molecule has 1 saturated heterocycles. The number of carbonyl (C=O) groups is 3. The van der Waals surface area contributed by atoms with Crippen LogP contribution in [0.4, 0.5) is 9.80 Å². The summed E-state index contributed by atoms with van der Waals surface area (Å²) in [6.45, 7) is 3.45. The second-order valence-corrected chi connectivity index (χ2v) is 10.8. The number of carbonyl (C=O) groups excluding carboxylic acids is 3. The van der Waals surface area contributed by atoms with Crippen molar-refractivity contribution in [2.75, 3.05) is 25.0 Å². The Kier molecular flexibility index (Phi) is 6.00. The first-order valence-electron chi connectivity index (χ1n) is 12.6. The Hall–Kier alpha value is -3.64. The number of rotatable bonds is 7. The minimum atomic E-state index is -1.22. The van der Waals surface area contributed by atoms with Gasteiger partial charge in [-0.25, -0.2) is 9.48 Å². The van der Waals surface area contributed by atoms with Gasteiger partial charge in [0.15, 0.2) is 11.3 Å². The lowest BCUT2D eigenvalue weighted by atomic mass is 9.74. The molecule has 2 unspecified atom stereocenters. The second kappa shape index (κ2) is 9.34. The van der Waals surface area contributed by atoms with Crippen molar-refractivity contribution in [3.05, 3.63) is 41.7 Å². The zero-order chi connectivity index (χ0) is 25.6. The van der Waals surface area contributed by atoms with Crippen LogP contribution in [0, 0.1) is 5.92 Å². The fraction of sp³-hybridized carbons (Fsp3) is 0.440. The highest BCUT2D eigenvalue weighted by atomic mass is 32.1. The van der Waals surface area contributed by atoms with E-state index in [2.05, 4.69) is 31.6 Å². The van der Waals surface area contributed by atoms with E-state index in [-0.39, 0.29) is 24.3 Å². The molecule has 0 radical (unpaired) electrons. The number of hydrogen-bond acceptors (Lipinski definition) is 8. The topological polar surface area (TPSA) is 142 Å². The van der Waals surface area contributed by atoms with E-state index in [9.17, 15) is 14.4 Å². The number of Topliss-reactive ketones (excluding diaryl/α,β-unsaturated/α-hetero) is 1. The maximum absolute atomic E-state index is 14.2. The third-order valence-corrected chi connectivity index (χ3v) is 8.27. The van der Waals surface area contributed by atoms with Crippen LogP contribution in [0.5, 0.6) is 0 Å². The van der Waals surface area contributed by atoms with Crippen molar-refractivity contribution >= 4 is 50.0 Å². The molecule has 2 aliphatic heterocycles. The summed E-state index contributed by atoms with van der Waals surface area (Å²) in [5.74, 6) is -0.262. The third kappa shape index (κ3) is 4.29. The van der Waals surface area contributed by atoms with Gasteiger partial charge in [-0.3, -0.25) is 19.9 Å². The van der Waals surface area contributed by atoms with E-state index in [0.717, 1.165) is 28.6 Å². The molecule has 2 fully saturated rings. The number of aromatic nitrogens is 3. The SMILES string of the molecule is CCNC(=O)Nc1sc2ccccc2c1C(=O)C1CNCCC12N=C(Cn1cc(C3CC3)nn1)NC2=O. The highest BCUT2D eigenvalue weighted by molar-refractivity contribution is 7.23. The molecule has 1 saturated carbocycles. The van der Waals surface area contributed by atoms with Crippen LogP contribution >= 0.6 is 11.3 Å². The van der Waals surface area contributed by atoms with Gasteiger partial charge < -0.3 is 16.0 Å². The number of fused-ring (bicyclic) bond motifs is 1. The summed E-state index contributed by atoms with van der Waals surface area (Å²) in [4.78, 5) is 44.9. The predicted octanol–water partition coefficient (Wildman–Crippen LogP) is 2.27. The van der Waals surface area contributed by atoms with Crippen LogP contribution in [0.25, 0.3) is 10.1 Å². The van der Waals surface area contributed by atoms with Crippen LogP contribution in [0.2, 0.25) is 0 Å². The first-order valence-corrected chi connectivity index (χ1v) is 13.4. The Balaban J connectivity index is 1.34. The van der Waals surface area contributed by atoms with E-state index in [4.69, 9.17) is 4.99 Å². The fourth-order valence-electron chi connectivity index (χ4n) is 5.19. The molecule has 1 aliphatic carbocycles. The van der Waals surface area contributed by atoms with Crippen LogP contribution < -0.4 is 21.3 Å². The molecule has 0 bridgehead atoms. The van der Waals surface area contributed by atoms with Gasteiger partial charge in [0.25, 0.3) is 5.91 Å². The lowest BCUT2D eigenvalue weighted by Gasteiger charge is -2.36. The Labute approximate surface area is 217 Å². The second-order valence-electron chi connectivity index (χ2n) is 9.71. The van der Waals surface area contributed by atoms with Crippen molar-refractivity contribution in [2.24, 2.45) is 10.9 Å². The summed E-state index contributed by atoms with van der Waals surface area (Å²) < 4.78 is 2.57. The number of benzene rings is 1. The van der Waals surface area contributed by atoms with Crippen molar-refractivity contribution in [1.29, 1.82) is 0 Å². The summed E-state index contributed by atoms with van der Waals surface area (Å²) in [5.41, 5.74) is 0.163. The van der Waals surface area contributed by atoms with Crippen molar-refractivity contribution < 1.29 is 14.4 Å². The smallest absolute Gasteiger partial charge is 0.319 e. The van der Waals surface area contributed by atoms with Crippen LogP contribution in [0.3, 0.4) is 0 Å². The molecule has 12 heteroatoms. The number of aliphatic imine (C=N–C) groups is 1. The fourth-order valence-corrected chi connectivity index (χ4v) is 6.29. The highest BCUT2D eigenvalue weighted by Gasteiger charge is 2.54. The van der Waals surface area contributed by atoms with Crippen molar-refractivity contribution in [1.82, 2.24) is 30.9 Å². The van der Waals surface area contributed by atoms with Gasteiger partial charge in [-0.2, -0.15) is 0 Å². The van der Waals surface area contributed by atoms with Gasteiger partial charge in [0.1, 0.15) is 17.4 Å². The zero-order valence-electron chi connectivity index (χ0n) is 20.4. The molecule has 37 heavy (non-hydrogen) atoms. The van der Waals surface area contributed by atoms with Gasteiger partial charge in [0.2, 0.25) is 0 Å². The van der Waals surface area contributed by atoms with Crippen molar-refractivity contribution in [2.45, 2.75) is 44.2 Å². The van der Waals surface area contributed by atoms with Crippen LogP contribution in [0.1, 0.15) is 48.2 Å². The molecular formula is C25H28N8O3S. The Bertz CT molecular complexity index is 1420. The summed E-state index contributed by atoms with van der Waals surface area (Å²) >= 11 is 1.35. The maximum Gasteiger partial charge on any atom is 0.319 e. The van der Waals surface area contributed by atoms with Crippen LogP contribution in [-0.2, 0) is 11.3 Å². The largest absolute Gasteiger partial charge is 0.338 e. The van der Waals surface area contributed by atoms with Gasteiger partial charge in [-0.1, -0.05) is 23.4 Å². The summed E-state index contributed by atoms with van der Waals surface area (Å²) in [7, 11) is 0. The van der Waals surface area contributed by atoms with E-state index in [1.807, 2.05) is 37.4 Å². The number of ketones is 1. The number of nitrogens with one attached hydrogen (secondary N) is 4. The van der Waals surface area contributed by atoms with Crippen molar-refractivity contribution in [3.63, 3.8) is 0 Å². The molecule has 2 atom stereocenters. The molecule has 6 rings (SSSR count). The molecule has 1 aromatic carbocycles. The van der Waals surface area contributed by atoms with E-state index in [1.165, 1.54) is 11.3 Å². The van der Waals surface area contributed by atoms with E-state index in [1.54, 1.807) is 4.68 Å². The molecule has 11 nitrogen and oxygen atoms in total. The van der Waals surface area contributed by atoms with Gasteiger partial charge in [-0.15, -0.1) is 16.4 Å². The molecular weight excluding hydrogens is 492 g/mol. The minimum absolute atomic E-state index is 0.214. The standard InChI is InChI=1S/C25H28N8O3S/c1-2-27-24(36)29-22-20(15-5-3-4-6-18(15)37-22)21(34)16-11-26-10-9-25(16)23(35)28-19(30-25)13-33-12-17(31-32-33)14-7-8-14/h3-6,12,14,16,26H,2,7-11,13H2,1H3,(H2,27,29,36)(H,28,30,35). The normalized spacial score (nSPS) is 23.2. The predicted molar refractivity (Wildman–Crippen MR) is 140 cm³/mol. The van der Waals surface area contributed by atoms with Crippen molar-refractivity contribution in [3.8, 4) is 0 Å². The number of amidine groups is 1. The van der Waals surface area contributed by atoms with Crippen LogP contribution in [0.15, 0.2) is 35.5 Å². The Morgan fingerprint density at radius 3 is 2.92 bits per heavy atom. The minimum Gasteiger partial charge on any atom is -0.338 e. The molecule has 3 amide bonds. The average Bonchev–Trinajstić information content (AvgIpc) is 3.41. The van der Waals surface area contributed by atoms with Gasteiger partial charge in [-0.05, 0) is 38.8 Å².